The van der Waals surface area contributed by atoms with Gasteiger partial charge in [0.05, 0.1) is 24.3 Å². The summed E-state index contributed by atoms with van der Waals surface area (Å²) in [7, 11) is 0. The Balaban J connectivity index is 1.58. The molecule has 3 amide bonds. The fraction of sp³-hybridized carbons (Fsp3) is 0.136. The van der Waals surface area contributed by atoms with Gasteiger partial charge in [0.15, 0.2) is 0 Å². The number of para-hydroxylation sites is 1. The quantitative estimate of drug-likeness (QED) is 0.490. The van der Waals surface area contributed by atoms with Crippen LogP contribution >= 0.6 is 11.8 Å². The summed E-state index contributed by atoms with van der Waals surface area (Å²) in [6.07, 6.45) is 10.3. The number of fused-ring (bicyclic) bond motifs is 1. The maximum atomic E-state index is 12.5. The van der Waals surface area contributed by atoms with Gasteiger partial charge < -0.3 is 14.3 Å². The normalized spacial score (nSPS) is 15.2. The zero-order valence-electron chi connectivity index (χ0n) is 15.8. The summed E-state index contributed by atoms with van der Waals surface area (Å²) < 4.78 is 7.03. The average molecular weight is 419 g/mol. The number of amides is 3. The van der Waals surface area contributed by atoms with Crippen molar-refractivity contribution in [3.8, 4) is 12.3 Å². The highest BCUT2D eigenvalue weighted by molar-refractivity contribution is 8.18. The number of furan rings is 1. The summed E-state index contributed by atoms with van der Waals surface area (Å²) in [5.74, 6) is 2.41. The van der Waals surface area contributed by atoms with Crippen LogP contribution < -0.4 is 5.32 Å². The van der Waals surface area contributed by atoms with Crippen LogP contribution in [0.4, 0.5) is 4.79 Å². The third-order valence-corrected chi connectivity index (χ3v) is 5.49. The SMILES string of the molecule is C#CCN1C(=O)S/C(=C\c2cn(CC(=O)NCc3ccco3)c3ccccc23)C1=O. The van der Waals surface area contributed by atoms with Crippen molar-refractivity contribution in [1.82, 2.24) is 14.8 Å². The molecular weight excluding hydrogens is 402 g/mol. The monoisotopic (exact) mass is 419 g/mol. The second-order valence-electron chi connectivity index (χ2n) is 6.56. The van der Waals surface area contributed by atoms with Crippen LogP contribution in [0.15, 0.2) is 58.2 Å². The first-order valence-corrected chi connectivity index (χ1v) is 9.94. The van der Waals surface area contributed by atoms with E-state index in [1.807, 2.05) is 28.8 Å². The molecule has 0 radical (unpaired) electrons. The summed E-state index contributed by atoms with van der Waals surface area (Å²) in [5.41, 5.74) is 1.59. The third-order valence-electron chi connectivity index (χ3n) is 4.58. The molecule has 0 spiro atoms. The minimum absolute atomic E-state index is 0.0559. The van der Waals surface area contributed by atoms with Crippen molar-refractivity contribution >= 4 is 45.8 Å². The summed E-state index contributed by atoms with van der Waals surface area (Å²) >= 11 is 0.859. The fourth-order valence-corrected chi connectivity index (χ4v) is 4.03. The molecule has 8 heteroatoms. The van der Waals surface area contributed by atoms with Gasteiger partial charge in [-0.05, 0) is 36.0 Å². The van der Waals surface area contributed by atoms with Crippen molar-refractivity contribution in [3.63, 3.8) is 0 Å². The number of carbonyl (C=O) groups is 3. The topological polar surface area (TPSA) is 84.6 Å². The first-order valence-electron chi connectivity index (χ1n) is 9.12. The summed E-state index contributed by atoms with van der Waals surface area (Å²) in [4.78, 5) is 38.2. The predicted molar refractivity (Wildman–Crippen MR) is 114 cm³/mol. The van der Waals surface area contributed by atoms with E-state index in [1.165, 1.54) is 0 Å². The van der Waals surface area contributed by atoms with Gasteiger partial charge in [0.25, 0.3) is 11.1 Å². The van der Waals surface area contributed by atoms with Gasteiger partial charge in [-0.1, -0.05) is 24.1 Å². The molecule has 4 rings (SSSR count). The summed E-state index contributed by atoms with van der Waals surface area (Å²) in [6.45, 7) is 0.355. The molecule has 30 heavy (non-hydrogen) atoms. The summed E-state index contributed by atoms with van der Waals surface area (Å²) in [5, 5.41) is 3.31. The Bertz CT molecular complexity index is 1200. The van der Waals surface area contributed by atoms with Gasteiger partial charge in [-0.3, -0.25) is 19.3 Å². The Morgan fingerprint density at radius 2 is 2.07 bits per heavy atom. The number of thioether (sulfide) groups is 1. The lowest BCUT2D eigenvalue weighted by Gasteiger charge is -2.06. The van der Waals surface area contributed by atoms with Gasteiger partial charge in [0, 0.05) is 22.7 Å². The van der Waals surface area contributed by atoms with Gasteiger partial charge in [-0.2, -0.15) is 0 Å². The molecule has 0 aliphatic carbocycles. The van der Waals surface area contributed by atoms with E-state index >= 15 is 0 Å². The molecule has 1 N–H and O–H groups in total. The Hall–Kier alpha value is -3.70. The van der Waals surface area contributed by atoms with E-state index in [-0.39, 0.29) is 24.2 Å². The van der Waals surface area contributed by atoms with Gasteiger partial charge in [0.2, 0.25) is 5.91 Å². The number of hydrogen-bond acceptors (Lipinski definition) is 5. The molecular formula is C22H17N3O4S. The number of carbonyl (C=O) groups excluding carboxylic acids is 3. The van der Waals surface area contributed by atoms with Gasteiger partial charge >= 0.3 is 0 Å². The standard InChI is InChI=1S/C22H17N3O4S/c1-2-9-25-21(27)19(30-22(25)28)11-15-13-24(18-8-4-3-7-17(15)18)14-20(26)23-12-16-6-5-10-29-16/h1,3-8,10-11,13H,9,12,14H2,(H,23,26)/b19-11-. The van der Waals surface area contributed by atoms with E-state index in [1.54, 1.807) is 30.7 Å². The first kappa shape index (κ1) is 19.6. The van der Waals surface area contributed by atoms with Crippen LogP contribution in [0, 0.1) is 12.3 Å². The van der Waals surface area contributed by atoms with Crippen LogP contribution in [0.25, 0.3) is 17.0 Å². The Morgan fingerprint density at radius 3 is 2.83 bits per heavy atom. The molecule has 7 nitrogen and oxygen atoms in total. The molecule has 0 atom stereocenters. The van der Waals surface area contributed by atoms with Crippen LogP contribution in [-0.4, -0.2) is 33.1 Å². The number of aromatic nitrogens is 1. The lowest BCUT2D eigenvalue weighted by atomic mass is 10.1. The fourth-order valence-electron chi connectivity index (χ4n) is 3.20. The Kier molecular flexibility index (Phi) is 5.46. The number of benzene rings is 1. The number of nitrogens with zero attached hydrogens (tertiary/aromatic N) is 2. The number of imide groups is 1. The lowest BCUT2D eigenvalue weighted by molar-refractivity contribution is -0.122. The van der Waals surface area contributed by atoms with E-state index < -0.39 is 5.91 Å². The molecule has 1 aromatic carbocycles. The number of hydrogen-bond donors (Lipinski definition) is 1. The van der Waals surface area contributed by atoms with Crippen molar-refractivity contribution in [1.29, 1.82) is 0 Å². The largest absolute Gasteiger partial charge is 0.467 e. The van der Waals surface area contributed by atoms with Crippen molar-refractivity contribution in [2.45, 2.75) is 13.1 Å². The minimum Gasteiger partial charge on any atom is -0.467 e. The van der Waals surface area contributed by atoms with Crippen LogP contribution in [0.1, 0.15) is 11.3 Å². The molecule has 0 bridgehead atoms. The zero-order chi connectivity index (χ0) is 21.1. The van der Waals surface area contributed by atoms with Crippen LogP contribution in [-0.2, 0) is 22.7 Å². The summed E-state index contributed by atoms with van der Waals surface area (Å²) in [6, 6.07) is 11.1. The van der Waals surface area contributed by atoms with E-state index in [9.17, 15) is 14.4 Å². The molecule has 2 aromatic heterocycles. The van der Waals surface area contributed by atoms with Crippen molar-refractivity contribution < 1.29 is 18.8 Å². The Morgan fingerprint density at radius 1 is 1.23 bits per heavy atom. The van der Waals surface area contributed by atoms with Crippen molar-refractivity contribution in [2.24, 2.45) is 0 Å². The van der Waals surface area contributed by atoms with Crippen molar-refractivity contribution in [2.75, 3.05) is 6.54 Å². The Labute approximate surface area is 176 Å². The molecule has 1 fully saturated rings. The molecule has 150 valence electrons. The van der Waals surface area contributed by atoms with Crippen LogP contribution in [0.2, 0.25) is 0 Å². The number of nitrogens with one attached hydrogen (secondary N) is 1. The van der Waals surface area contributed by atoms with E-state index in [4.69, 9.17) is 10.8 Å². The highest BCUT2D eigenvalue weighted by Gasteiger charge is 2.34. The smallest absolute Gasteiger partial charge is 0.294 e. The third kappa shape index (κ3) is 3.88. The van der Waals surface area contributed by atoms with Crippen molar-refractivity contribution in [3.05, 3.63) is 65.1 Å². The molecule has 3 heterocycles. The molecule has 3 aromatic rings. The predicted octanol–water partition coefficient (Wildman–Crippen LogP) is 3.22. The lowest BCUT2D eigenvalue weighted by Crippen LogP contribution is -2.28. The molecule has 0 saturated carbocycles. The zero-order valence-corrected chi connectivity index (χ0v) is 16.6. The van der Waals surface area contributed by atoms with E-state index in [2.05, 4.69) is 11.2 Å². The number of terminal acetylenes is 1. The molecule has 0 unspecified atom stereocenters. The number of rotatable bonds is 6. The van der Waals surface area contributed by atoms with Gasteiger partial charge in [0.1, 0.15) is 12.3 Å². The molecule has 1 aliphatic heterocycles. The minimum atomic E-state index is -0.407. The maximum Gasteiger partial charge on any atom is 0.294 e. The van der Waals surface area contributed by atoms with Gasteiger partial charge in [-0.25, -0.2) is 0 Å². The maximum absolute atomic E-state index is 12.5. The second kappa shape index (κ2) is 8.35. The highest BCUT2D eigenvalue weighted by atomic mass is 32.2. The van der Waals surface area contributed by atoms with Gasteiger partial charge in [-0.15, -0.1) is 6.42 Å². The van der Waals surface area contributed by atoms with Crippen LogP contribution in [0.3, 0.4) is 0 Å². The highest BCUT2D eigenvalue weighted by Crippen LogP contribution is 2.33. The molecule has 1 aliphatic rings. The molecule has 1 saturated heterocycles. The van der Waals surface area contributed by atoms with E-state index in [0.717, 1.165) is 33.1 Å². The van der Waals surface area contributed by atoms with E-state index in [0.29, 0.717) is 17.2 Å². The second-order valence-corrected chi connectivity index (χ2v) is 7.55. The van der Waals surface area contributed by atoms with Crippen LogP contribution in [0.5, 0.6) is 0 Å². The average Bonchev–Trinajstić information content (AvgIpc) is 3.44. The first-order chi connectivity index (χ1) is 14.6.